The molecule has 7 heteroatoms. The number of nitrogens with zero attached hydrogens (tertiary/aromatic N) is 4. The van der Waals surface area contributed by atoms with Gasteiger partial charge in [-0.15, -0.1) is 0 Å². The van der Waals surface area contributed by atoms with Crippen molar-refractivity contribution in [3.63, 3.8) is 0 Å². The second-order valence-electron chi connectivity index (χ2n) is 18.2. The smallest absolute Gasteiger partial charge is 0.334 e. The summed E-state index contributed by atoms with van der Waals surface area (Å²) in [5.41, 5.74) is 5.15. The van der Waals surface area contributed by atoms with E-state index in [4.69, 9.17) is 0 Å². The first-order chi connectivity index (χ1) is 30.6. The number of barbiturate groups is 1. The molecule has 0 bridgehead atoms. The largest absolute Gasteiger partial charge is 0.338 e. The fourth-order valence-corrected chi connectivity index (χ4v) is 10.7. The summed E-state index contributed by atoms with van der Waals surface area (Å²) in [6.07, 6.45) is 19.5. The number of urea groups is 1. The maximum Gasteiger partial charge on any atom is 0.334 e. The summed E-state index contributed by atoms with van der Waals surface area (Å²) in [5, 5.41) is 9.59. The van der Waals surface area contributed by atoms with Crippen LogP contribution in [0.15, 0.2) is 107 Å². The molecule has 3 heterocycles. The molecule has 4 aromatic carbocycles. The molecular weight excluding hydrogens is 777 g/mol. The summed E-state index contributed by atoms with van der Waals surface area (Å²) >= 11 is 0. The lowest BCUT2D eigenvalue weighted by Crippen LogP contribution is -2.59. The lowest BCUT2D eigenvalue weighted by Gasteiger charge is -2.38. The van der Waals surface area contributed by atoms with Crippen molar-refractivity contribution in [3.05, 3.63) is 118 Å². The zero-order chi connectivity index (χ0) is 44.4. The van der Waals surface area contributed by atoms with Gasteiger partial charge < -0.3 is 9.13 Å². The van der Waals surface area contributed by atoms with Gasteiger partial charge in [0.05, 0.1) is 0 Å². The molecule has 3 unspecified atom stereocenters. The summed E-state index contributed by atoms with van der Waals surface area (Å²) < 4.78 is 4.96. The van der Waals surface area contributed by atoms with E-state index in [0.717, 1.165) is 73.2 Å². The Balaban J connectivity index is 1.39. The van der Waals surface area contributed by atoms with Crippen LogP contribution in [0, 0.1) is 0 Å². The Morgan fingerprint density at radius 3 is 1.49 bits per heavy atom. The van der Waals surface area contributed by atoms with Crippen molar-refractivity contribution in [2.24, 2.45) is 0 Å². The van der Waals surface area contributed by atoms with E-state index >= 15 is 4.79 Å². The highest BCUT2D eigenvalue weighted by Crippen LogP contribution is 2.41. The molecule has 0 spiro atoms. The third-order valence-electron chi connectivity index (χ3n) is 13.8. The van der Waals surface area contributed by atoms with Gasteiger partial charge in [-0.3, -0.25) is 19.4 Å². The van der Waals surface area contributed by atoms with Gasteiger partial charge in [-0.05, 0) is 111 Å². The molecule has 3 atom stereocenters. The SMILES string of the molecule is CCCCCC(C)N1C(=O)C(=C2/C(=C/C=c3\c4cccc5cccc(c54)n3C(C)CCC)CC/C2=C\C=c2/c3cccc4cccc(c43)n2C(C)CCC)C(=O)N(CCCC)C1=O. The first-order valence-corrected chi connectivity index (χ1v) is 24.0. The van der Waals surface area contributed by atoms with Gasteiger partial charge in [0.25, 0.3) is 11.8 Å². The second-order valence-corrected chi connectivity index (χ2v) is 18.2. The molecule has 4 amide bonds. The van der Waals surface area contributed by atoms with E-state index in [0.29, 0.717) is 31.3 Å². The third-order valence-corrected chi connectivity index (χ3v) is 13.8. The number of benzene rings is 4. The molecule has 2 fully saturated rings. The standard InChI is InChI=1S/C56H66N4O3/c1-8-12-14-21-39(7)60-55(62)53(54(61)57(56(60)63)36-13-9-2)50-42(32-34-46-44-26-15-22-40-24-17-28-48(51(40)44)58(46)37(5)19-10-3)30-31-43(50)33-35-47-45-27-16-23-41-25-18-29-49(52(41)45)59(47)38(6)20-11-4/h15-18,22-29,32-35,37-39H,8-14,19-21,30-31,36H2,1-7H3/b42-32+,43-33+,46-34+,47-35+,53-50?. The van der Waals surface area contributed by atoms with Gasteiger partial charge in [0.15, 0.2) is 0 Å². The Hall–Kier alpha value is -5.69. The fraction of sp³-hybridized carbons (Fsp3) is 0.411. The molecule has 328 valence electrons. The summed E-state index contributed by atoms with van der Waals surface area (Å²) in [6, 6.07) is 25.9. The quantitative estimate of drug-likeness (QED) is 0.0554. The third kappa shape index (κ3) is 7.98. The highest BCUT2D eigenvalue weighted by molar-refractivity contribution is 6.30. The van der Waals surface area contributed by atoms with Crippen molar-refractivity contribution in [2.45, 2.75) is 144 Å². The van der Waals surface area contributed by atoms with Crippen LogP contribution in [0.3, 0.4) is 0 Å². The number of amides is 4. The Morgan fingerprint density at radius 2 is 1.02 bits per heavy atom. The second kappa shape index (κ2) is 19.0. The fourth-order valence-electron chi connectivity index (χ4n) is 10.7. The molecule has 1 aliphatic carbocycles. The lowest BCUT2D eigenvalue weighted by molar-refractivity contribution is -0.137. The van der Waals surface area contributed by atoms with Crippen LogP contribution < -0.4 is 10.7 Å². The summed E-state index contributed by atoms with van der Waals surface area (Å²) in [6.45, 7) is 15.5. The summed E-state index contributed by atoms with van der Waals surface area (Å²) in [4.78, 5) is 47.1. The van der Waals surface area contributed by atoms with Gasteiger partial charge in [0, 0.05) is 67.9 Å². The molecule has 1 aliphatic heterocycles. The molecule has 63 heavy (non-hydrogen) atoms. The Kier molecular flexibility index (Phi) is 13.2. The van der Waals surface area contributed by atoms with Gasteiger partial charge in [-0.25, -0.2) is 4.79 Å². The van der Waals surface area contributed by atoms with Gasteiger partial charge in [-0.1, -0.05) is 139 Å². The van der Waals surface area contributed by atoms with Crippen LogP contribution in [0.1, 0.15) is 138 Å². The molecule has 1 saturated carbocycles. The number of carbonyl (C=O) groups is 3. The van der Waals surface area contributed by atoms with E-state index < -0.39 is 17.8 Å². The predicted octanol–water partition coefficient (Wildman–Crippen LogP) is 12.8. The van der Waals surface area contributed by atoms with E-state index in [1.54, 1.807) is 0 Å². The van der Waals surface area contributed by atoms with Crippen LogP contribution >= 0.6 is 0 Å². The maximum atomic E-state index is 15.1. The average molecular weight is 843 g/mol. The summed E-state index contributed by atoms with van der Waals surface area (Å²) in [5.74, 6) is -0.944. The predicted molar refractivity (Wildman–Crippen MR) is 262 cm³/mol. The zero-order valence-electron chi connectivity index (χ0n) is 38.7. The molecule has 8 rings (SSSR count). The highest BCUT2D eigenvalue weighted by atomic mass is 16.2. The summed E-state index contributed by atoms with van der Waals surface area (Å²) in [7, 11) is 0. The van der Waals surface area contributed by atoms with Crippen LogP contribution in [0.2, 0.25) is 0 Å². The van der Waals surface area contributed by atoms with Crippen LogP contribution in [-0.2, 0) is 9.59 Å². The Bertz CT molecular complexity index is 2730. The number of rotatable bonds is 16. The maximum absolute atomic E-state index is 15.1. The van der Waals surface area contributed by atoms with Gasteiger partial charge in [0.1, 0.15) is 5.57 Å². The van der Waals surface area contributed by atoms with Crippen molar-refractivity contribution < 1.29 is 14.4 Å². The van der Waals surface area contributed by atoms with Crippen LogP contribution in [0.25, 0.3) is 55.5 Å². The minimum absolute atomic E-state index is 0.126. The first kappa shape index (κ1) is 43.9. The molecule has 6 aromatic rings. The minimum atomic E-state index is -0.486. The monoisotopic (exact) mass is 843 g/mol. The number of imide groups is 2. The van der Waals surface area contributed by atoms with E-state index in [1.165, 1.54) is 53.2 Å². The lowest BCUT2D eigenvalue weighted by atomic mass is 9.94. The molecule has 2 aliphatic rings. The van der Waals surface area contributed by atoms with E-state index in [-0.39, 0.29) is 30.2 Å². The van der Waals surface area contributed by atoms with Gasteiger partial charge >= 0.3 is 6.03 Å². The van der Waals surface area contributed by atoms with Crippen LogP contribution in [0.5, 0.6) is 0 Å². The number of aromatic nitrogens is 2. The van der Waals surface area contributed by atoms with Crippen LogP contribution in [0.4, 0.5) is 4.79 Å². The highest BCUT2D eigenvalue weighted by Gasteiger charge is 2.46. The van der Waals surface area contributed by atoms with E-state index in [1.807, 2.05) is 6.92 Å². The molecule has 1 saturated heterocycles. The van der Waals surface area contributed by atoms with Crippen molar-refractivity contribution in [3.8, 4) is 0 Å². The molecule has 2 aromatic heterocycles. The van der Waals surface area contributed by atoms with Crippen molar-refractivity contribution >= 4 is 73.3 Å². The average Bonchev–Trinajstić information content (AvgIpc) is 3.93. The number of hydrogen-bond acceptors (Lipinski definition) is 3. The molecule has 0 N–H and O–H groups in total. The number of unbranched alkanes of at least 4 members (excludes halogenated alkanes) is 3. The van der Waals surface area contributed by atoms with Gasteiger partial charge in [0.2, 0.25) is 0 Å². The van der Waals surface area contributed by atoms with E-state index in [9.17, 15) is 9.59 Å². The Morgan fingerprint density at radius 1 is 0.524 bits per heavy atom. The minimum Gasteiger partial charge on any atom is -0.338 e. The van der Waals surface area contributed by atoms with Crippen molar-refractivity contribution in [1.82, 2.24) is 18.9 Å². The van der Waals surface area contributed by atoms with Crippen LogP contribution in [-0.4, -0.2) is 49.4 Å². The zero-order valence-corrected chi connectivity index (χ0v) is 38.7. The normalized spacial score (nSPS) is 18.7. The molecule has 7 nitrogen and oxygen atoms in total. The number of carbonyl (C=O) groups excluding carboxylic acids is 3. The number of hydrogen-bond donors (Lipinski definition) is 0. The molecular formula is C56H66N4O3. The topological polar surface area (TPSA) is 67.6 Å². The van der Waals surface area contributed by atoms with Gasteiger partial charge in [-0.2, -0.15) is 0 Å². The van der Waals surface area contributed by atoms with E-state index in [2.05, 4.69) is 148 Å². The van der Waals surface area contributed by atoms with Crippen molar-refractivity contribution in [2.75, 3.05) is 6.54 Å². The first-order valence-electron chi connectivity index (χ1n) is 24.0. The Labute approximate surface area is 373 Å². The molecule has 0 radical (unpaired) electrons. The van der Waals surface area contributed by atoms with Crippen molar-refractivity contribution in [1.29, 1.82) is 0 Å². The number of allylic oxidation sites excluding steroid dienone is 5.